The van der Waals surface area contributed by atoms with E-state index in [1.54, 1.807) is 19.1 Å². The van der Waals surface area contributed by atoms with Crippen LogP contribution in [0.2, 0.25) is 0 Å². The van der Waals surface area contributed by atoms with Crippen LogP contribution < -0.4 is 4.72 Å². The van der Waals surface area contributed by atoms with Crippen LogP contribution in [-0.4, -0.2) is 15.5 Å². The Morgan fingerprint density at radius 1 is 1.23 bits per heavy atom. The van der Waals surface area contributed by atoms with Crippen LogP contribution >= 0.6 is 0 Å². The first-order valence-corrected chi connectivity index (χ1v) is 5.48. The zero-order valence-corrected chi connectivity index (χ0v) is 8.45. The molecule has 0 aliphatic carbocycles. The summed E-state index contributed by atoms with van der Waals surface area (Å²) < 4.78 is 26.0. The second-order valence-electron chi connectivity index (χ2n) is 2.75. The fourth-order valence-corrected chi connectivity index (χ4v) is 1.87. The molecule has 1 aromatic rings. The number of nitrogens with zero attached hydrogens (tertiary/aromatic N) is 1. The van der Waals surface area contributed by atoms with Gasteiger partial charge in [0.25, 0.3) is 0 Å². The smallest absolute Gasteiger partial charge is 0.210 e. The molecule has 13 heavy (non-hydrogen) atoms. The largest absolute Gasteiger partial charge is 0.234 e. The maximum absolute atomic E-state index is 11.3. The van der Waals surface area contributed by atoms with Gasteiger partial charge in [-0.15, -0.1) is 4.72 Å². The summed E-state index contributed by atoms with van der Waals surface area (Å²) in [5.41, 5.74) is 0.771. The molecule has 1 aromatic carbocycles. The molecule has 0 fully saturated rings. The number of rotatable bonds is 3. The SMILES string of the molecule is C[N]S(=O)(=O)C(C)c1ccccc1. The lowest BCUT2D eigenvalue weighted by Crippen LogP contribution is -2.18. The maximum Gasteiger partial charge on any atom is 0.234 e. The molecular weight excluding hydrogens is 186 g/mol. The maximum atomic E-state index is 11.3. The summed E-state index contributed by atoms with van der Waals surface area (Å²) in [5.74, 6) is 0. The van der Waals surface area contributed by atoms with Crippen LogP contribution in [0.15, 0.2) is 30.3 Å². The van der Waals surface area contributed by atoms with Gasteiger partial charge in [0.15, 0.2) is 0 Å². The normalized spacial score (nSPS) is 14.0. The highest BCUT2D eigenvalue weighted by molar-refractivity contribution is 7.89. The summed E-state index contributed by atoms with van der Waals surface area (Å²) in [6, 6.07) is 9.06. The summed E-state index contributed by atoms with van der Waals surface area (Å²) >= 11 is 0. The third-order valence-corrected chi connectivity index (χ3v) is 3.64. The Labute approximate surface area is 78.8 Å². The fourth-order valence-electron chi connectivity index (χ4n) is 1.05. The van der Waals surface area contributed by atoms with E-state index in [-0.39, 0.29) is 0 Å². The molecule has 0 aromatic heterocycles. The fraction of sp³-hybridized carbons (Fsp3) is 0.333. The molecule has 0 saturated carbocycles. The third kappa shape index (κ3) is 2.29. The van der Waals surface area contributed by atoms with Crippen LogP contribution in [0.4, 0.5) is 0 Å². The van der Waals surface area contributed by atoms with Gasteiger partial charge >= 0.3 is 0 Å². The van der Waals surface area contributed by atoms with Gasteiger partial charge in [-0.3, -0.25) is 0 Å². The minimum Gasteiger partial charge on any atom is -0.210 e. The van der Waals surface area contributed by atoms with Crippen LogP contribution in [0.1, 0.15) is 17.7 Å². The second kappa shape index (κ2) is 3.89. The zero-order chi connectivity index (χ0) is 9.90. The van der Waals surface area contributed by atoms with Crippen LogP contribution in [0.5, 0.6) is 0 Å². The first kappa shape index (κ1) is 10.2. The topological polar surface area (TPSA) is 48.2 Å². The van der Waals surface area contributed by atoms with Crippen molar-refractivity contribution in [2.24, 2.45) is 0 Å². The standard InChI is InChI=1S/C9H12NO2S/c1-8(13(11,12)10-2)9-6-4-3-5-7-9/h3-8H,1-2H3. The van der Waals surface area contributed by atoms with E-state index in [4.69, 9.17) is 0 Å². The van der Waals surface area contributed by atoms with Crippen molar-refractivity contribution in [3.05, 3.63) is 35.9 Å². The lowest BCUT2D eigenvalue weighted by atomic mass is 10.2. The van der Waals surface area contributed by atoms with E-state index in [2.05, 4.69) is 4.72 Å². The molecule has 0 N–H and O–H groups in total. The van der Waals surface area contributed by atoms with Gasteiger partial charge in [-0.1, -0.05) is 30.3 Å². The number of sulfonamides is 1. The Kier molecular flexibility index (Phi) is 3.06. The van der Waals surface area contributed by atoms with E-state index < -0.39 is 15.3 Å². The van der Waals surface area contributed by atoms with Crippen molar-refractivity contribution in [2.75, 3.05) is 7.05 Å². The minimum atomic E-state index is -3.33. The monoisotopic (exact) mass is 198 g/mol. The molecule has 4 heteroatoms. The predicted octanol–water partition coefficient (Wildman–Crippen LogP) is 1.31. The van der Waals surface area contributed by atoms with Crippen molar-refractivity contribution in [2.45, 2.75) is 12.2 Å². The van der Waals surface area contributed by atoms with Crippen molar-refractivity contribution in [1.29, 1.82) is 0 Å². The molecule has 1 atom stereocenters. The third-order valence-electron chi connectivity index (χ3n) is 1.97. The molecule has 0 heterocycles. The molecule has 71 valence electrons. The molecule has 0 amide bonds. The molecule has 1 unspecified atom stereocenters. The molecule has 3 nitrogen and oxygen atoms in total. The summed E-state index contributed by atoms with van der Waals surface area (Å²) in [6.07, 6.45) is 0. The number of hydrogen-bond donors (Lipinski definition) is 0. The van der Waals surface area contributed by atoms with Crippen molar-refractivity contribution in [3.8, 4) is 0 Å². The van der Waals surface area contributed by atoms with Crippen LogP contribution in [0, 0.1) is 0 Å². The second-order valence-corrected chi connectivity index (χ2v) is 4.85. The van der Waals surface area contributed by atoms with E-state index in [1.165, 1.54) is 7.05 Å². The predicted molar refractivity (Wildman–Crippen MR) is 51.8 cm³/mol. The average Bonchev–Trinajstić information content (AvgIpc) is 2.18. The van der Waals surface area contributed by atoms with E-state index in [9.17, 15) is 8.42 Å². The first-order valence-electron chi connectivity index (χ1n) is 3.98. The Hall–Kier alpha value is -0.870. The van der Waals surface area contributed by atoms with Gasteiger partial charge in [-0.2, -0.15) is 0 Å². The number of hydrogen-bond acceptors (Lipinski definition) is 2. The van der Waals surface area contributed by atoms with Crippen LogP contribution in [0.3, 0.4) is 0 Å². The van der Waals surface area contributed by atoms with Crippen molar-refractivity contribution in [1.82, 2.24) is 4.72 Å². The van der Waals surface area contributed by atoms with E-state index in [1.807, 2.05) is 18.2 Å². The Balaban J connectivity index is 2.99. The Bertz CT molecular complexity index is 358. The van der Waals surface area contributed by atoms with Crippen molar-refractivity contribution < 1.29 is 8.42 Å². The molecule has 0 aliphatic heterocycles. The summed E-state index contributed by atoms with van der Waals surface area (Å²) in [6.45, 7) is 1.64. The van der Waals surface area contributed by atoms with Crippen molar-refractivity contribution >= 4 is 10.0 Å². The molecule has 0 saturated heterocycles. The molecular formula is C9H12NO2S. The first-order chi connectivity index (χ1) is 6.08. The quantitative estimate of drug-likeness (QED) is 0.735. The summed E-state index contributed by atoms with van der Waals surface area (Å²) in [4.78, 5) is 0. The Morgan fingerprint density at radius 3 is 2.23 bits per heavy atom. The minimum absolute atomic E-state index is 0.557. The van der Waals surface area contributed by atoms with Crippen molar-refractivity contribution in [3.63, 3.8) is 0 Å². The molecule has 1 rings (SSSR count). The van der Waals surface area contributed by atoms with Gasteiger partial charge in [0.05, 0.1) is 5.25 Å². The highest BCUT2D eigenvalue weighted by Gasteiger charge is 2.20. The van der Waals surface area contributed by atoms with Gasteiger partial charge in [-0.05, 0) is 12.5 Å². The highest BCUT2D eigenvalue weighted by Crippen LogP contribution is 2.20. The van der Waals surface area contributed by atoms with Gasteiger partial charge in [0.1, 0.15) is 0 Å². The van der Waals surface area contributed by atoms with Gasteiger partial charge in [0.2, 0.25) is 10.0 Å². The highest BCUT2D eigenvalue weighted by atomic mass is 32.2. The molecule has 0 aliphatic rings. The van der Waals surface area contributed by atoms with Crippen LogP contribution in [-0.2, 0) is 10.0 Å². The molecule has 1 radical (unpaired) electrons. The molecule has 0 bridgehead atoms. The zero-order valence-electron chi connectivity index (χ0n) is 7.64. The van der Waals surface area contributed by atoms with Crippen LogP contribution in [0.25, 0.3) is 0 Å². The van der Waals surface area contributed by atoms with E-state index in [0.29, 0.717) is 0 Å². The van der Waals surface area contributed by atoms with E-state index >= 15 is 0 Å². The Morgan fingerprint density at radius 2 is 1.77 bits per heavy atom. The van der Waals surface area contributed by atoms with E-state index in [0.717, 1.165) is 5.56 Å². The molecule has 0 spiro atoms. The van der Waals surface area contributed by atoms with Gasteiger partial charge < -0.3 is 0 Å². The lowest BCUT2D eigenvalue weighted by molar-refractivity contribution is 0.577. The number of benzene rings is 1. The average molecular weight is 198 g/mol. The van der Waals surface area contributed by atoms with Gasteiger partial charge in [0, 0.05) is 7.05 Å². The summed E-state index contributed by atoms with van der Waals surface area (Å²) in [5, 5.41) is -0.557. The van der Waals surface area contributed by atoms with Gasteiger partial charge in [-0.25, -0.2) is 8.42 Å². The summed E-state index contributed by atoms with van der Waals surface area (Å²) in [7, 11) is -2.03. The lowest BCUT2D eigenvalue weighted by Gasteiger charge is -2.10.